The third-order valence-electron chi connectivity index (χ3n) is 3.04. The fourth-order valence-electron chi connectivity index (χ4n) is 1.97. The van der Waals surface area contributed by atoms with E-state index in [1.807, 2.05) is 7.05 Å². The van der Waals surface area contributed by atoms with Crippen LogP contribution in [-0.2, 0) is 9.47 Å². The lowest BCUT2D eigenvalue weighted by atomic mass is 9.89. The van der Waals surface area contributed by atoms with E-state index in [-0.39, 0.29) is 0 Å². The number of hydrogen-bond acceptors (Lipinski definition) is 4. The molecule has 2 aliphatic rings. The first-order chi connectivity index (χ1) is 7.70. The molecule has 0 aliphatic carbocycles. The summed E-state index contributed by atoms with van der Waals surface area (Å²) in [4.78, 5) is 0. The Morgan fingerprint density at radius 1 is 1.38 bits per heavy atom. The largest absolute Gasteiger partial charge is 0.380 e. The van der Waals surface area contributed by atoms with E-state index < -0.39 is 0 Å². The molecule has 0 aromatic rings. The van der Waals surface area contributed by atoms with Gasteiger partial charge in [0.2, 0.25) is 0 Å². The molecule has 2 fully saturated rings. The average Bonchev–Trinajstić information content (AvgIpc) is 2.29. The first kappa shape index (κ1) is 13.9. The minimum absolute atomic E-state index is 0.365. The number of nitrogens with two attached hydrogens (primary N) is 1. The zero-order valence-corrected chi connectivity index (χ0v) is 10.6. The van der Waals surface area contributed by atoms with Crippen LogP contribution in [0.15, 0.2) is 0 Å². The van der Waals surface area contributed by atoms with Crippen molar-refractivity contribution in [3.8, 4) is 0 Å². The smallest absolute Gasteiger partial charge is 0.0697 e. The molecule has 1 unspecified atom stereocenters. The predicted octanol–water partition coefficient (Wildman–Crippen LogP) is 0.757. The minimum atomic E-state index is 0.365. The van der Waals surface area contributed by atoms with Crippen LogP contribution in [-0.4, -0.2) is 46.1 Å². The van der Waals surface area contributed by atoms with Gasteiger partial charge in [-0.3, -0.25) is 0 Å². The molecule has 0 amide bonds. The first-order valence-corrected chi connectivity index (χ1v) is 6.24. The monoisotopic (exact) mass is 230 g/mol. The van der Waals surface area contributed by atoms with Crippen LogP contribution in [0, 0.1) is 5.41 Å². The van der Waals surface area contributed by atoms with Gasteiger partial charge >= 0.3 is 0 Å². The highest BCUT2D eigenvalue weighted by Gasteiger charge is 2.31. The van der Waals surface area contributed by atoms with Crippen LogP contribution in [0.25, 0.3) is 0 Å². The Morgan fingerprint density at radius 3 is 2.38 bits per heavy atom. The standard InChI is InChI=1S/2C6H13NO/c1-6(3-7-2)4-8-5-6;7-5-6-3-1-2-4-8-6/h7H,3-5H2,1-2H3;6H,1-5,7H2. The molecular weight excluding hydrogens is 204 g/mol. The van der Waals surface area contributed by atoms with Gasteiger partial charge in [-0.2, -0.15) is 0 Å². The second kappa shape index (κ2) is 7.22. The number of nitrogens with one attached hydrogen (secondary N) is 1. The summed E-state index contributed by atoms with van der Waals surface area (Å²) in [5.41, 5.74) is 5.82. The summed E-state index contributed by atoms with van der Waals surface area (Å²) in [5, 5.41) is 3.13. The molecule has 0 aromatic heterocycles. The number of hydrogen-bond donors (Lipinski definition) is 2. The molecule has 3 N–H and O–H groups in total. The molecule has 0 bridgehead atoms. The summed E-state index contributed by atoms with van der Waals surface area (Å²) in [6, 6.07) is 0. The summed E-state index contributed by atoms with van der Waals surface area (Å²) in [5.74, 6) is 0. The molecule has 1 atom stereocenters. The molecule has 0 saturated carbocycles. The van der Waals surface area contributed by atoms with Crippen LogP contribution in [0.3, 0.4) is 0 Å². The molecule has 4 heteroatoms. The highest BCUT2D eigenvalue weighted by molar-refractivity contribution is 4.81. The molecule has 2 rings (SSSR count). The van der Waals surface area contributed by atoms with Crippen molar-refractivity contribution >= 4 is 0 Å². The summed E-state index contributed by atoms with van der Waals surface area (Å²) in [6.45, 7) is 6.77. The van der Waals surface area contributed by atoms with Gasteiger partial charge in [0.05, 0.1) is 19.3 Å². The Balaban J connectivity index is 0.000000160. The Labute approximate surface area is 98.9 Å². The van der Waals surface area contributed by atoms with Crippen LogP contribution >= 0.6 is 0 Å². The average molecular weight is 230 g/mol. The van der Waals surface area contributed by atoms with E-state index in [0.29, 0.717) is 18.1 Å². The van der Waals surface area contributed by atoms with E-state index >= 15 is 0 Å². The van der Waals surface area contributed by atoms with Gasteiger partial charge < -0.3 is 20.5 Å². The van der Waals surface area contributed by atoms with Gasteiger partial charge in [0, 0.05) is 25.1 Å². The van der Waals surface area contributed by atoms with Crippen molar-refractivity contribution < 1.29 is 9.47 Å². The lowest BCUT2D eigenvalue weighted by Gasteiger charge is -2.37. The normalized spacial score (nSPS) is 27.6. The second-order valence-electron chi connectivity index (χ2n) is 5.06. The van der Waals surface area contributed by atoms with E-state index in [9.17, 15) is 0 Å². The van der Waals surface area contributed by atoms with Crippen molar-refractivity contribution in [3.05, 3.63) is 0 Å². The Kier molecular flexibility index (Phi) is 6.28. The third-order valence-corrected chi connectivity index (χ3v) is 3.04. The van der Waals surface area contributed by atoms with E-state index in [1.165, 1.54) is 12.8 Å². The summed E-state index contributed by atoms with van der Waals surface area (Å²) in [6.07, 6.45) is 4.04. The third kappa shape index (κ3) is 4.78. The topological polar surface area (TPSA) is 56.5 Å². The van der Waals surface area contributed by atoms with Gasteiger partial charge in [0.25, 0.3) is 0 Å². The van der Waals surface area contributed by atoms with Crippen LogP contribution in [0.1, 0.15) is 26.2 Å². The summed E-state index contributed by atoms with van der Waals surface area (Å²) < 4.78 is 10.4. The van der Waals surface area contributed by atoms with Crippen molar-refractivity contribution in [2.24, 2.45) is 11.1 Å². The zero-order valence-electron chi connectivity index (χ0n) is 10.6. The molecular formula is C12H26N2O2. The lowest BCUT2D eigenvalue weighted by Crippen LogP contribution is -2.46. The molecule has 2 aliphatic heterocycles. The highest BCUT2D eigenvalue weighted by Crippen LogP contribution is 2.24. The quantitative estimate of drug-likeness (QED) is 0.751. The number of rotatable bonds is 3. The van der Waals surface area contributed by atoms with Crippen molar-refractivity contribution in [3.63, 3.8) is 0 Å². The van der Waals surface area contributed by atoms with E-state index in [4.69, 9.17) is 15.2 Å². The van der Waals surface area contributed by atoms with Crippen molar-refractivity contribution in [2.45, 2.75) is 32.3 Å². The van der Waals surface area contributed by atoms with Crippen LogP contribution in [0.4, 0.5) is 0 Å². The van der Waals surface area contributed by atoms with E-state index in [0.717, 1.165) is 32.8 Å². The molecule has 0 aromatic carbocycles. The summed E-state index contributed by atoms with van der Waals surface area (Å²) in [7, 11) is 1.98. The van der Waals surface area contributed by atoms with Gasteiger partial charge in [-0.1, -0.05) is 6.92 Å². The van der Waals surface area contributed by atoms with Crippen molar-refractivity contribution in [1.82, 2.24) is 5.32 Å². The minimum Gasteiger partial charge on any atom is -0.380 e. The van der Waals surface area contributed by atoms with Gasteiger partial charge in [0.1, 0.15) is 0 Å². The molecule has 96 valence electrons. The lowest BCUT2D eigenvalue weighted by molar-refractivity contribution is -0.0982. The maximum atomic E-state index is 5.38. The van der Waals surface area contributed by atoms with Gasteiger partial charge in [-0.05, 0) is 26.3 Å². The maximum absolute atomic E-state index is 5.38. The second-order valence-corrected chi connectivity index (χ2v) is 5.06. The fourth-order valence-corrected chi connectivity index (χ4v) is 1.97. The molecule has 0 radical (unpaired) electrons. The van der Waals surface area contributed by atoms with Crippen LogP contribution in [0.5, 0.6) is 0 Å². The molecule has 16 heavy (non-hydrogen) atoms. The van der Waals surface area contributed by atoms with Crippen LogP contribution < -0.4 is 11.1 Å². The van der Waals surface area contributed by atoms with Gasteiger partial charge in [-0.25, -0.2) is 0 Å². The van der Waals surface area contributed by atoms with Gasteiger partial charge in [0.15, 0.2) is 0 Å². The molecule has 0 spiro atoms. The SMILES string of the molecule is CNCC1(C)COC1.NCC1CCCCO1. The fraction of sp³-hybridized carbons (Fsp3) is 1.00. The summed E-state index contributed by atoms with van der Waals surface area (Å²) >= 11 is 0. The Morgan fingerprint density at radius 2 is 2.12 bits per heavy atom. The predicted molar refractivity (Wildman–Crippen MR) is 65.5 cm³/mol. The molecule has 2 saturated heterocycles. The molecule has 4 nitrogen and oxygen atoms in total. The first-order valence-electron chi connectivity index (χ1n) is 6.24. The zero-order chi connectivity index (χ0) is 11.9. The number of ether oxygens (including phenoxy) is 2. The Bertz CT molecular complexity index is 178. The van der Waals surface area contributed by atoms with Gasteiger partial charge in [-0.15, -0.1) is 0 Å². The molecule has 2 heterocycles. The van der Waals surface area contributed by atoms with Crippen molar-refractivity contribution in [2.75, 3.05) is 40.0 Å². The van der Waals surface area contributed by atoms with Crippen molar-refractivity contribution in [1.29, 1.82) is 0 Å². The van der Waals surface area contributed by atoms with Crippen LogP contribution in [0.2, 0.25) is 0 Å². The van der Waals surface area contributed by atoms with E-state index in [2.05, 4.69) is 12.2 Å². The highest BCUT2D eigenvalue weighted by atomic mass is 16.5. The van der Waals surface area contributed by atoms with E-state index in [1.54, 1.807) is 0 Å². The maximum Gasteiger partial charge on any atom is 0.0697 e. The Hall–Kier alpha value is -0.160.